The maximum atomic E-state index is 13.5. The molecule has 1 unspecified atom stereocenters. The van der Waals surface area contributed by atoms with Crippen LogP contribution in [-0.4, -0.2) is 25.7 Å². The molecule has 0 bridgehead atoms. The lowest BCUT2D eigenvalue weighted by atomic mass is 10.1. The number of hydrogen-bond acceptors (Lipinski definition) is 3. The van der Waals surface area contributed by atoms with Crippen LogP contribution in [-0.2, 0) is 11.2 Å². The molecule has 23 heavy (non-hydrogen) atoms. The van der Waals surface area contributed by atoms with Crippen molar-refractivity contribution >= 4 is 5.91 Å². The van der Waals surface area contributed by atoms with Gasteiger partial charge in [-0.25, -0.2) is 4.39 Å². The molecule has 1 amide bonds. The average molecular weight is 317 g/mol. The van der Waals surface area contributed by atoms with Crippen molar-refractivity contribution in [1.29, 1.82) is 0 Å². The van der Waals surface area contributed by atoms with Crippen molar-refractivity contribution in [2.24, 2.45) is 0 Å². The lowest BCUT2D eigenvalue weighted by Crippen LogP contribution is -2.37. The molecule has 0 fully saturated rings. The summed E-state index contributed by atoms with van der Waals surface area (Å²) in [6.07, 6.45) is -0.197. The Kier molecular flexibility index (Phi) is 5.97. The third-order valence-corrected chi connectivity index (χ3v) is 3.39. The minimum Gasteiger partial charge on any atom is -0.497 e. The van der Waals surface area contributed by atoms with E-state index in [0.717, 1.165) is 5.75 Å². The molecule has 4 nitrogen and oxygen atoms in total. The highest BCUT2D eigenvalue weighted by Crippen LogP contribution is 2.18. The fourth-order valence-electron chi connectivity index (χ4n) is 2.08. The van der Waals surface area contributed by atoms with E-state index in [1.807, 2.05) is 0 Å². The largest absolute Gasteiger partial charge is 0.497 e. The van der Waals surface area contributed by atoms with Crippen LogP contribution >= 0.6 is 0 Å². The molecule has 0 heterocycles. The molecule has 0 saturated carbocycles. The van der Waals surface area contributed by atoms with E-state index in [0.29, 0.717) is 24.3 Å². The van der Waals surface area contributed by atoms with E-state index in [1.165, 1.54) is 6.07 Å². The van der Waals surface area contributed by atoms with E-state index in [4.69, 9.17) is 9.47 Å². The lowest BCUT2D eigenvalue weighted by molar-refractivity contribution is -0.127. The first-order valence-corrected chi connectivity index (χ1v) is 7.42. The summed E-state index contributed by atoms with van der Waals surface area (Å²) in [6, 6.07) is 13.5. The fraction of sp³-hybridized carbons (Fsp3) is 0.278. The second kappa shape index (κ2) is 8.17. The second-order valence-electron chi connectivity index (χ2n) is 5.07. The number of hydrogen-bond donors (Lipinski definition) is 1. The highest BCUT2D eigenvalue weighted by Gasteiger charge is 2.14. The number of benzene rings is 2. The molecule has 0 aromatic heterocycles. The Hall–Kier alpha value is -2.56. The number of halogens is 1. The van der Waals surface area contributed by atoms with Crippen LogP contribution in [0.15, 0.2) is 48.5 Å². The Morgan fingerprint density at radius 2 is 1.78 bits per heavy atom. The molecule has 1 atom stereocenters. The van der Waals surface area contributed by atoms with Gasteiger partial charge in [0.15, 0.2) is 6.10 Å². The summed E-state index contributed by atoms with van der Waals surface area (Å²) in [6.45, 7) is 2.03. The molecule has 0 saturated heterocycles. The standard InChI is InChI=1S/C18H20FNO3/c1-13(23-16-9-7-15(22-2)8-10-16)18(21)20-12-11-14-5-3-4-6-17(14)19/h3-10,13H,11-12H2,1-2H3,(H,20,21). The molecule has 0 aliphatic rings. The average Bonchev–Trinajstić information content (AvgIpc) is 2.57. The van der Waals surface area contributed by atoms with Crippen LogP contribution in [0.25, 0.3) is 0 Å². The van der Waals surface area contributed by atoms with Crippen LogP contribution < -0.4 is 14.8 Å². The predicted molar refractivity (Wildman–Crippen MR) is 86.2 cm³/mol. The van der Waals surface area contributed by atoms with E-state index in [1.54, 1.807) is 56.5 Å². The topological polar surface area (TPSA) is 47.6 Å². The molecule has 1 N–H and O–H groups in total. The molecule has 5 heteroatoms. The van der Waals surface area contributed by atoms with Gasteiger partial charge in [0, 0.05) is 6.54 Å². The Balaban J connectivity index is 1.79. The van der Waals surface area contributed by atoms with Gasteiger partial charge < -0.3 is 14.8 Å². The summed E-state index contributed by atoms with van der Waals surface area (Å²) in [7, 11) is 1.58. The van der Waals surface area contributed by atoms with Crippen LogP contribution in [0, 0.1) is 5.82 Å². The van der Waals surface area contributed by atoms with Crippen molar-refractivity contribution in [3.05, 3.63) is 59.9 Å². The number of ether oxygens (including phenoxy) is 2. The van der Waals surface area contributed by atoms with E-state index in [-0.39, 0.29) is 11.7 Å². The highest BCUT2D eigenvalue weighted by atomic mass is 19.1. The molecule has 2 rings (SSSR count). The van der Waals surface area contributed by atoms with E-state index in [2.05, 4.69) is 5.32 Å². The third kappa shape index (κ3) is 4.98. The first-order valence-electron chi connectivity index (χ1n) is 7.42. The molecule has 0 radical (unpaired) electrons. The molecular formula is C18H20FNO3. The van der Waals surface area contributed by atoms with Gasteiger partial charge in [-0.15, -0.1) is 0 Å². The summed E-state index contributed by atoms with van der Waals surface area (Å²) >= 11 is 0. The molecule has 2 aromatic carbocycles. The van der Waals surface area contributed by atoms with Gasteiger partial charge in [-0.1, -0.05) is 18.2 Å². The van der Waals surface area contributed by atoms with E-state index in [9.17, 15) is 9.18 Å². The molecule has 0 spiro atoms. The number of carbonyl (C=O) groups excluding carboxylic acids is 1. The molecule has 122 valence electrons. The van der Waals surface area contributed by atoms with Crippen LogP contribution in [0.5, 0.6) is 11.5 Å². The zero-order valence-electron chi connectivity index (χ0n) is 13.2. The van der Waals surface area contributed by atoms with E-state index < -0.39 is 6.10 Å². The van der Waals surface area contributed by atoms with E-state index >= 15 is 0 Å². The van der Waals surface area contributed by atoms with Crippen molar-refractivity contribution in [1.82, 2.24) is 5.32 Å². The summed E-state index contributed by atoms with van der Waals surface area (Å²) in [4.78, 5) is 12.0. The van der Waals surface area contributed by atoms with Gasteiger partial charge in [-0.2, -0.15) is 0 Å². The zero-order chi connectivity index (χ0) is 16.7. The number of amides is 1. The van der Waals surface area contributed by atoms with Crippen molar-refractivity contribution < 1.29 is 18.7 Å². The van der Waals surface area contributed by atoms with Gasteiger partial charge >= 0.3 is 0 Å². The maximum Gasteiger partial charge on any atom is 0.260 e. The number of carbonyl (C=O) groups is 1. The van der Waals surface area contributed by atoms with Gasteiger partial charge in [-0.05, 0) is 49.2 Å². The zero-order valence-corrected chi connectivity index (χ0v) is 13.2. The Labute approximate surface area is 135 Å². The van der Waals surface area contributed by atoms with Crippen LogP contribution in [0.4, 0.5) is 4.39 Å². The minimum absolute atomic E-state index is 0.239. The number of methoxy groups -OCH3 is 1. The van der Waals surface area contributed by atoms with Crippen molar-refractivity contribution in [3.63, 3.8) is 0 Å². The monoisotopic (exact) mass is 317 g/mol. The van der Waals surface area contributed by atoms with Gasteiger partial charge in [0.25, 0.3) is 5.91 Å². The van der Waals surface area contributed by atoms with Crippen LogP contribution in [0.2, 0.25) is 0 Å². The summed E-state index contributed by atoms with van der Waals surface area (Å²) in [5, 5.41) is 2.75. The Morgan fingerprint density at radius 3 is 2.43 bits per heavy atom. The molecule has 0 aliphatic carbocycles. The first kappa shape index (κ1) is 16.8. The van der Waals surface area contributed by atoms with Crippen molar-refractivity contribution in [2.75, 3.05) is 13.7 Å². The van der Waals surface area contributed by atoms with Gasteiger partial charge in [0.2, 0.25) is 0 Å². The molecule has 0 aliphatic heterocycles. The quantitative estimate of drug-likeness (QED) is 0.854. The predicted octanol–water partition coefficient (Wildman–Crippen LogP) is 2.96. The second-order valence-corrected chi connectivity index (χ2v) is 5.07. The van der Waals surface area contributed by atoms with Gasteiger partial charge in [-0.3, -0.25) is 4.79 Å². The molecule has 2 aromatic rings. The summed E-state index contributed by atoms with van der Waals surface area (Å²) in [5.74, 6) is 0.809. The minimum atomic E-state index is -0.635. The van der Waals surface area contributed by atoms with Gasteiger partial charge in [0.05, 0.1) is 7.11 Å². The molecular weight excluding hydrogens is 297 g/mol. The lowest BCUT2D eigenvalue weighted by Gasteiger charge is -2.15. The number of nitrogens with one attached hydrogen (secondary N) is 1. The SMILES string of the molecule is COc1ccc(OC(C)C(=O)NCCc2ccccc2F)cc1. The van der Waals surface area contributed by atoms with Crippen molar-refractivity contribution in [2.45, 2.75) is 19.4 Å². The van der Waals surface area contributed by atoms with Crippen molar-refractivity contribution in [3.8, 4) is 11.5 Å². The third-order valence-electron chi connectivity index (χ3n) is 3.39. The summed E-state index contributed by atoms with van der Waals surface area (Å²) < 4.78 is 24.1. The Morgan fingerprint density at radius 1 is 1.13 bits per heavy atom. The maximum absolute atomic E-state index is 13.5. The summed E-state index contributed by atoms with van der Waals surface area (Å²) in [5.41, 5.74) is 0.580. The number of rotatable bonds is 7. The van der Waals surface area contributed by atoms with Gasteiger partial charge in [0.1, 0.15) is 17.3 Å². The Bertz CT molecular complexity index is 643. The van der Waals surface area contributed by atoms with Crippen LogP contribution in [0.3, 0.4) is 0 Å². The highest BCUT2D eigenvalue weighted by molar-refractivity contribution is 5.80. The smallest absolute Gasteiger partial charge is 0.260 e. The fourth-order valence-corrected chi connectivity index (χ4v) is 2.08. The normalized spacial score (nSPS) is 11.6. The first-order chi connectivity index (χ1) is 11.1. The van der Waals surface area contributed by atoms with Crippen LogP contribution in [0.1, 0.15) is 12.5 Å².